The van der Waals surface area contributed by atoms with Gasteiger partial charge in [-0.1, -0.05) is 133 Å². The van der Waals surface area contributed by atoms with Gasteiger partial charge in [0.2, 0.25) is 0 Å². The highest BCUT2D eigenvalue weighted by Gasteiger charge is 2.24. The van der Waals surface area contributed by atoms with Crippen molar-refractivity contribution in [3.05, 3.63) is 182 Å². The fourth-order valence-corrected chi connectivity index (χ4v) is 9.63. The summed E-state index contributed by atoms with van der Waals surface area (Å²) < 4.78 is 11.9. The van der Waals surface area contributed by atoms with E-state index >= 15 is 0 Å². The van der Waals surface area contributed by atoms with Crippen molar-refractivity contribution in [2.75, 3.05) is 0 Å². The van der Waals surface area contributed by atoms with Crippen molar-refractivity contribution < 1.29 is 4.42 Å². The van der Waals surface area contributed by atoms with Crippen molar-refractivity contribution in [3.63, 3.8) is 0 Å². The van der Waals surface area contributed by atoms with Gasteiger partial charge in [-0.25, -0.2) is 15.0 Å². The SMILES string of the molecule is c1ccc(-c2cccc(-c3nc(-c4ccccc4)nc(-c4ccc(-n5c6ccccc6c6c7c(ccc65)sc5ccccc57)c5oc6ccccc6c45)n3)c2)cc1. The molecule has 0 saturated carbocycles. The molecule has 0 unspecified atom stereocenters. The lowest BCUT2D eigenvalue weighted by Gasteiger charge is -2.13. The smallest absolute Gasteiger partial charge is 0.164 e. The van der Waals surface area contributed by atoms with E-state index in [1.54, 1.807) is 0 Å². The summed E-state index contributed by atoms with van der Waals surface area (Å²) in [6.07, 6.45) is 0. The van der Waals surface area contributed by atoms with E-state index in [4.69, 9.17) is 19.4 Å². The summed E-state index contributed by atoms with van der Waals surface area (Å²) in [5, 5.41) is 7.01. The van der Waals surface area contributed by atoms with E-state index in [0.29, 0.717) is 17.5 Å². The number of benzene rings is 8. The highest BCUT2D eigenvalue weighted by molar-refractivity contribution is 7.26. The average molecular weight is 747 g/mol. The Hall–Kier alpha value is -7.41. The standard InChI is InChI=1S/C51H30N4OS/c1-3-14-31(15-4-1)33-18-13-19-34(30-33)50-52-49(32-16-5-2-6-17-32)53-51(54-50)38-26-27-41(48-45(38)36-21-8-11-24-42(36)56-48)55-39-23-10-7-20-35(39)46-40(55)28-29-44-47(46)37-22-9-12-25-43(37)57-44/h1-30H. The van der Waals surface area contributed by atoms with Crippen molar-refractivity contribution in [2.45, 2.75) is 0 Å². The first-order valence-corrected chi connectivity index (χ1v) is 19.8. The van der Waals surface area contributed by atoms with E-state index in [2.05, 4.69) is 138 Å². The van der Waals surface area contributed by atoms with E-state index in [1.165, 1.54) is 30.9 Å². The van der Waals surface area contributed by atoms with Crippen molar-refractivity contribution in [1.29, 1.82) is 0 Å². The van der Waals surface area contributed by atoms with Crippen molar-refractivity contribution in [1.82, 2.24) is 19.5 Å². The maximum absolute atomic E-state index is 6.91. The van der Waals surface area contributed by atoms with E-state index in [9.17, 15) is 0 Å². The summed E-state index contributed by atoms with van der Waals surface area (Å²) in [4.78, 5) is 15.5. The van der Waals surface area contributed by atoms with Gasteiger partial charge in [-0.05, 0) is 59.7 Å². The van der Waals surface area contributed by atoms with Gasteiger partial charge in [0.25, 0.3) is 0 Å². The van der Waals surface area contributed by atoms with Gasteiger partial charge < -0.3 is 8.98 Å². The van der Waals surface area contributed by atoms with Crippen LogP contribution in [0.15, 0.2) is 186 Å². The predicted octanol–water partition coefficient (Wildman–Crippen LogP) is 13.9. The number of thiophene rings is 1. The van der Waals surface area contributed by atoms with Crippen LogP contribution in [0, 0.1) is 0 Å². The Balaban J connectivity index is 1.14. The molecule has 0 aliphatic heterocycles. The van der Waals surface area contributed by atoms with Crippen LogP contribution in [0.25, 0.3) is 115 Å². The third kappa shape index (κ3) is 4.98. The Morgan fingerprint density at radius 1 is 0.404 bits per heavy atom. The number of hydrogen-bond donors (Lipinski definition) is 0. The van der Waals surface area contributed by atoms with Crippen LogP contribution in [0.3, 0.4) is 0 Å². The van der Waals surface area contributed by atoms with Gasteiger partial charge in [0.15, 0.2) is 23.1 Å². The Morgan fingerprint density at radius 2 is 1.05 bits per heavy atom. The number of para-hydroxylation sites is 2. The maximum atomic E-state index is 6.91. The average Bonchev–Trinajstić information content (AvgIpc) is 3.97. The van der Waals surface area contributed by atoms with Crippen LogP contribution >= 0.6 is 11.3 Å². The highest BCUT2D eigenvalue weighted by atomic mass is 32.1. The molecule has 0 fully saturated rings. The summed E-state index contributed by atoms with van der Waals surface area (Å²) in [6.45, 7) is 0. The number of fused-ring (bicyclic) bond motifs is 10. The molecule has 266 valence electrons. The molecule has 57 heavy (non-hydrogen) atoms. The lowest BCUT2D eigenvalue weighted by atomic mass is 10.0. The van der Waals surface area contributed by atoms with Gasteiger partial charge >= 0.3 is 0 Å². The second-order valence-corrected chi connectivity index (χ2v) is 15.4. The first-order chi connectivity index (χ1) is 28.3. The van der Waals surface area contributed by atoms with E-state index in [1.807, 2.05) is 59.9 Å². The quantitative estimate of drug-likeness (QED) is 0.176. The third-order valence-corrected chi connectivity index (χ3v) is 12.2. The zero-order valence-corrected chi connectivity index (χ0v) is 31.2. The number of nitrogens with zero attached hydrogens (tertiary/aromatic N) is 4. The van der Waals surface area contributed by atoms with Crippen LogP contribution in [-0.4, -0.2) is 19.5 Å². The van der Waals surface area contributed by atoms with Crippen LogP contribution in [0.5, 0.6) is 0 Å². The topological polar surface area (TPSA) is 56.7 Å². The molecule has 12 aromatic rings. The minimum absolute atomic E-state index is 0.584. The predicted molar refractivity (Wildman–Crippen MR) is 236 cm³/mol. The molecule has 0 radical (unpaired) electrons. The van der Waals surface area contributed by atoms with E-state index in [-0.39, 0.29) is 0 Å². The minimum atomic E-state index is 0.584. The summed E-state index contributed by atoms with van der Waals surface area (Å²) in [6, 6.07) is 63.5. The number of rotatable bonds is 5. The van der Waals surface area contributed by atoms with Gasteiger partial charge in [-0.3, -0.25) is 0 Å². The van der Waals surface area contributed by atoms with E-state index in [0.717, 1.165) is 66.5 Å². The zero-order chi connectivity index (χ0) is 37.5. The van der Waals surface area contributed by atoms with Crippen LogP contribution in [0.1, 0.15) is 0 Å². The fraction of sp³-hybridized carbons (Fsp3) is 0. The molecule has 0 amide bonds. The van der Waals surface area contributed by atoms with Crippen LogP contribution < -0.4 is 0 Å². The molecule has 6 heteroatoms. The molecule has 0 aliphatic carbocycles. The largest absolute Gasteiger partial charge is 0.454 e. The summed E-state index contributed by atoms with van der Waals surface area (Å²) in [5.41, 5.74) is 9.76. The number of aromatic nitrogens is 4. The van der Waals surface area contributed by atoms with Gasteiger partial charge in [0.05, 0.1) is 16.7 Å². The first-order valence-electron chi connectivity index (χ1n) is 19.0. The molecule has 0 spiro atoms. The highest BCUT2D eigenvalue weighted by Crippen LogP contribution is 2.46. The lowest BCUT2D eigenvalue weighted by molar-refractivity contribution is 0.666. The molecule has 8 aromatic carbocycles. The van der Waals surface area contributed by atoms with E-state index < -0.39 is 0 Å². The van der Waals surface area contributed by atoms with Crippen LogP contribution in [-0.2, 0) is 0 Å². The maximum Gasteiger partial charge on any atom is 0.164 e. The van der Waals surface area contributed by atoms with Gasteiger partial charge in [0, 0.05) is 58.4 Å². The monoisotopic (exact) mass is 746 g/mol. The number of hydrogen-bond acceptors (Lipinski definition) is 5. The van der Waals surface area contributed by atoms with Gasteiger partial charge in [0.1, 0.15) is 5.58 Å². The Morgan fingerprint density at radius 3 is 1.89 bits per heavy atom. The molecule has 12 rings (SSSR count). The molecule has 5 nitrogen and oxygen atoms in total. The number of furan rings is 1. The molecule has 0 aliphatic rings. The molecule has 0 atom stereocenters. The Labute approximate surface area is 330 Å². The molecule has 0 N–H and O–H groups in total. The molecular formula is C51H30N4OS. The molecule has 4 heterocycles. The molecule has 0 saturated heterocycles. The second kappa shape index (κ2) is 12.6. The fourth-order valence-electron chi connectivity index (χ4n) is 8.52. The van der Waals surface area contributed by atoms with Crippen molar-refractivity contribution >= 4 is 75.3 Å². The van der Waals surface area contributed by atoms with Gasteiger partial charge in [-0.2, -0.15) is 0 Å². The summed E-state index contributed by atoms with van der Waals surface area (Å²) in [5.74, 6) is 1.80. The Bertz CT molecular complexity index is 3530. The van der Waals surface area contributed by atoms with Crippen LogP contribution in [0.2, 0.25) is 0 Å². The van der Waals surface area contributed by atoms with Crippen molar-refractivity contribution in [2.24, 2.45) is 0 Å². The third-order valence-electron chi connectivity index (χ3n) is 11.1. The Kier molecular flexibility index (Phi) is 7.03. The first kappa shape index (κ1) is 31.9. The normalized spacial score (nSPS) is 11.9. The zero-order valence-electron chi connectivity index (χ0n) is 30.4. The molecule has 0 bridgehead atoms. The molecule has 4 aromatic heterocycles. The second-order valence-electron chi connectivity index (χ2n) is 14.3. The minimum Gasteiger partial charge on any atom is -0.454 e. The van der Waals surface area contributed by atoms with Crippen LogP contribution in [0.4, 0.5) is 0 Å². The van der Waals surface area contributed by atoms with Crippen molar-refractivity contribution in [3.8, 4) is 51.0 Å². The van der Waals surface area contributed by atoms with Gasteiger partial charge in [-0.15, -0.1) is 11.3 Å². The summed E-state index contributed by atoms with van der Waals surface area (Å²) in [7, 11) is 0. The molecular weight excluding hydrogens is 717 g/mol. The summed E-state index contributed by atoms with van der Waals surface area (Å²) >= 11 is 1.85. The lowest BCUT2D eigenvalue weighted by Crippen LogP contribution is -2.01.